The van der Waals surface area contributed by atoms with Gasteiger partial charge in [-0.1, -0.05) is 0 Å². The van der Waals surface area contributed by atoms with Crippen molar-refractivity contribution in [3.8, 4) is 0 Å². The Morgan fingerprint density at radius 1 is 1.14 bits per heavy atom. The van der Waals surface area contributed by atoms with Gasteiger partial charge in [0.05, 0.1) is 12.7 Å². The molecule has 0 aromatic rings. The van der Waals surface area contributed by atoms with Crippen molar-refractivity contribution in [3.05, 3.63) is 0 Å². The fourth-order valence-corrected chi connectivity index (χ4v) is 2.13. The molecule has 124 valence electrons. The first-order valence-corrected chi connectivity index (χ1v) is 6.31. The van der Waals surface area contributed by atoms with Gasteiger partial charge in [0.25, 0.3) is 0 Å². The Labute approximate surface area is 117 Å². The lowest BCUT2D eigenvalue weighted by atomic mass is 10.0. The van der Waals surface area contributed by atoms with Gasteiger partial charge in [0.15, 0.2) is 0 Å². The zero-order chi connectivity index (χ0) is 16.3. The average molecular weight is 322 g/mol. The summed E-state index contributed by atoms with van der Waals surface area (Å²) in [4.78, 5) is 12.1. The Kier molecular flexibility index (Phi) is 5.85. The first-order chi connectivity index (χ1) is 9.57. The van der Waals surface area contributed by atoms with Crippen LogP contribution in [0.5, 0.6) is 0 Å². The fourth-order valence-electron chi connectivity index (χ4n) is 2.13. The van der Waals surface area contributed by atoms with E-state index in [0.717, 1.165) is 0 Å². The second-order valence-electron chi connectivity index (χ2n) is 4.70. The topological polar surface area (TPSA) is 55.6 Å². The molecule has 0 aliphatic carbocycles. The molecular weight excluding hydrogens is 306 g/mol. The summed E-state index contributed by atoms with van der Waals surface area (Å²) in [5, 5.41) is 0. The average Bonchev–Trinajstić information content (AvgIpc) is 2.33. The van der Waals surface area contributed by atoms with Gasteiger partial charge in [0.2, 0.25) is 11.8 Å². The molecule has 1 rings (SSSR count). The highest BCUT2D eigenvalue weighted by molar-refractivity contribution is 5.80. The third-order valence-electron chi connectivity index (χ3n) is 3.13. The number of hydrogen-bond acceptors (Lipinski definition) is 3. The van der Waals surface area contributed by atoms with Crippen molar-refractivity contribution in [2.45, 2.75) is 31.3 Å². The summed E-state index contributed by atoms with van der Waals surface area (Å²) >= 11 is 0. The maximum absolute atomic E-state index is 12.5. The van der Waals surface area contributed by atoms with Gasteiger partial charge in [0, 0.05) is 19.6 Å². The summed E-state index contributed by atoms with van der Waals surface area (Å²) in [5.74, 6) is -5.92. The van der Waals surface area contributed by atoms with Crippen LogP contribution in [0.15, 0.2) is 0 Å². The molecule has 0 radical (unpaired) electrons. The highest BCUT2D eigenvalue weighted by atomic mass is 19.4. The highest BCUT2D eigenvalue weighted by Crippen LogP contribution is 2.40. The number of hydrogen-bond donors (Lipinski definition) is 1. The Morgan fingerprint density at radius 2 is 1.62 bits per heavy atom. The number of carbonyl (C=O) groups excluding carboxylic acids is 1. The molecule has 21 heavy (non-hydrogen) atoms. The molecule has 10 heteroatoms. The molecular formula is C11H16F6N2O2. The summed E-state index contributed by atoms with van der Waals surface area (Å²) < 4.78 is 80.0. The number of nitrogens with two attached hydrogens (primary N) is 1. The Bertz CT molecular complexity index is 336. The van der Waals surface area contributed by atoms with Gasteiger partial charge < -0.3 is 15.4 Å². The van der Waals surface area contributed by atoms with Crippen LogP contribution in [0.2, 0.25) is 0 Å². The third kappa shape index (κ3) is 5.03. The van der Waals surface area contributed by atoms with Gasteiger partial charge in [-0.3, -0.25) is 4.79 Å². The van der Waals surface area contributed by atoms with Crippen LogP contribution in [-0.4, -0.2) is 55.5 Å². The molecule has 0 atom stereocenters. The number of piperidine rings is 1. The van der Waals surface area contributed by atoms with Gasteiger partial charge in [-0.15, -0.1) is 0 Å². The Hall–Kier alpha value is -1.03. The molecule has 4 nitrogen and oxygen atoms in total. The lowest BCUT2D eigenvalue weighted by Gasteiger charge is -2.35. The molecule has 0 bridgehead atoms. The minimum absolute atomic E-state index is 0.189. The van der Waals surface area contributed by atoms with Crippen LogP contribution in [0, 0.1) is 5.92 Å². The minimum atomic E-state index is -5.65. The molecule has 0 aromatic carbocycles. The monoisotopic (exact) mass is 322 g/mol. The van der Waals surface area contributed by atoms with Crippen molar-refractivity contribution in [1.29, 1.82) is 0 Å². The van der Waals surface area contributed by atoms with E-state index in [1.54, 1.807) is 0 Å². The minimum Gasteiger partial charge on any atom is -0.377 e. The summed E-state index contributed by atoms with van der Waals surface area (Å²) in [6.07, 6.45) is -11.2. The predicted molar refractivity (Wildman–Crippen MR) is 60.2 cm³/mol. The molecule has 0 unspecified atom stereocenters. The molecule has 1 aliphatic rings. The van der Waals surface area contributed by atoms with Crippen LogP contribution in [0.25, 0.3) is 0 Å². The van der Waals surface area contributed by atoms with E-state index in [4.69, 9.17) is 10.5 Å². The Balaban J connectivity index is 2.67. The van der Waals surface area contributed by atoms with E-state index in [9.17, 15) is 31.1 Å². The lowest BCUT2D eigenvalue weighted by Crippen LogP contribution is -2.52. The van der Waals surface area contributed by atoms with Crippen molar-refractivity contribution in [1.82, 2.24) is 4.90 Å². The van der Waals surface area contributed by atoms with Crippen LogP contribution >= 0.6 is 0 Å². The maximum atomic E-state index is 12.5. The second-order valence-corrected chi connectivity index (χ2v) is 4.70. The predicted octanol–water partition coefficient (Wildman–Crippen LogP) is 1.69. The van der Waals surface area contributed by atoms with E-state index in [2.05, 4.69) is 0 Å². The first-order valence-electron chi connectivity index (χ1n) is 6.31. The van der Waals surface area contributed by atoms with Gasteiger partial charge in [-0.25, -0.2) is 0 Å². The summed E-state index contributed by atoms with van der Waals surface area (Å²) in [6, 6.07) is 0. The van der Waals surface area contributed by atoms with E-state index in [-0.39, 0.29) is 45.2 Å². The molecule has 0 saturated carbocycles. The standard InChI is InChI=1S/C11H16F6N2O2/c12-10(13,14)8(11(15,16)17)9(20)19-4-1-7(2-5-19)21-6-3-18/h7-8H,1-6,18H2. The van der Waals surface area contributed by atoms with Gasteiger partial charge >= 0.3 is 12.4 Å². The quantitative estimate of drug-likeness (QED) is 0.802. The normalized spacial score (nSPS) is 18.4. The van der Waals surface area contributed by atoms with Crippen LogP contribution in [0.3, 0.4) is 0 Å². The number of alkyl halides is 6. The molecule has 0 spiro atoms. The van der Waals surface area contributed by atoms with E-state index in [0.29, 0.717) is 4.90 Å². The molecule has 1 amide bonds. The summed E-state index contributed by atoms with van der Waals surface area (Å²) in [6.45, 7) is 0.128. The van der Waals surface area contributed by atoms with Crippen molar-refractivity contribution in [2.24, 2.45) is 11.7 Å². The largest absolute Gasteiger partial charge is 0.409 e. The van der Waals surface area contributed by atoms with Crippen molar-refractivity contribution in [2.75, 3.05) is 26.2 Å². The Morgan fingerprint density at radius 3 is 2.00 bits per heavy atom. The number of rotatable bonds is 4. The van der Waals surface area contributed by atoms with Gasteiger partial charge in [0.1, 0.15) is 0 Å². The lowest BCUT2D eigenvalue weighted by molar-refractivity contribution is -0.278. The van der Waals surface area contributed by atoms with Crippen LogP contribution < -0.4 is 5.73 Å². The van der Waals surface area contributed by atoms with Crippen molar-refractivity contribution < 1.29 is 35.9 Å². The van der Waals surface area contributed by atoms with Crippen LogP contribution in [-0.2, 0) is 9.53 Å². The van der Waals surface area contributed by atoms with E-state index in [1.165, 1.54) is 0 Å². The van der Waals surface area contributed by atoms with Crippen LogP contribution in [0.4, 0.5) is 26.3 Å². The summed E-state index contributed by atoms with van der Waals surface area (Å²) in [5.41, 5.74) is 5.22. The zero-order valence-electron chi connectivity index (χ0n) is 11.0. The van der Waals surface area contributed by atoms with Crippen molar-refractivity contribution in [3.63, 3.8) is 0 Å². The van der Waals surface area contributed by atoms with Gasteiger partial charge in [-0.05, 0) is 12.8 Å². The van der Waals surface area contributed by atoms with E-state index < -0.39 is 24.2 Å². The van der Waals surface area contributed by atoms with Gasteiger partial charge in [-0.2, -0.15) is 26.3 Å². The number of ether oxygens (including phenoxy) is 1. The SMILES string of the molecule is NCCOC1CCN(C(=O)C(C(F)(F)F)C(F)(F)F)CC1. The second kappa shape index (κ2) is 6.82. The molecule has 0 aromatic heterocycles. The molecule has 1 fully saturated rings. The zero-order valence-corrected chi connectivity index (χ0v) is 11.0. The van der Waals surface area contributed by atoms with E-state index >= 15 is 0 Å². The number of amides is 1. The third-order valence-corrected chi connectivity index (χ3v) is 3.13. The summed E-state index contributed by atoms with van der Waals surface area (Å²) in [7, 11) is 0. The maximum Gasteiger partial charge on any atom is 0.409 e. The van der Waals surface area contributed by atoms with E-state index in [1.807, 2.05) is 0 Å². The molecule has 1 aliphatic heterocycles. The number of halogens is 6. The van der Waals surface area contributed by atoms with Crippen LogP contribution in [0.1, 0.15) is 12.8 Å². The smallest absolute Gasteiger partial charge is 0.377 e. The number of carbonyl (C=O) groups is 1. The number of likely N-dealkylation sites (tertiary alicyclic amines) is 1. The first kappa shape index (κ1) is 18.0. The molecule has 2 N–H and O–H groups in total. The number of nitrogens with zero attached hydrogens (tertiary/aromatic N) is 1. The molecule has 1 saturated heterocycles. The molecule has 1 heterocycles. The highest BCUT2D eigenvalue weighted by Gasteiger charge is 2.62. The fraction of sp³-hybridized carbons (Fsp3) is 0.909. The van der Waals surface area contributed by atoms with Crippen molar-refractivity contribution >= 4 is 5.91 Å².